The standard InChI is InChI=1S/C11H20N2O5S/c1-19(17,18)13-7-3-6-12-10(14)8-4-2-5-9(8)11(15)16/h8-9,13H,2-7H2,1H3,(H,12,14)(H,15,16)/t8-,9+/m1/s1. The van der Waals surface area contributed by atoms with Crippen LogP contribution < -0.4 is 10.0 Å². The van der Waals surface area contributed by atoms with E-state index in [0.717, 1.165) is 12.7 Å². The predicted octanol–water partition coefficient (Wildman–Crippen LogP) is -0.457. The lowest BCUT2D eigenvalue weighted by atomic mass is 9.95. The summed E-state index contributed by atoms with van der Waals surface area (Å²) < 4.78 is 23.9. The lowest BCUT2D eigenvalue weighted by molar-refractivity contribution is -0.146. The smallest absolute Gasteiger partial charge is 0.307 e. The topological polar surface area (TPSA) is 113 Å². The van der Waals surface area contributed by atoms with Crippen LogP contribution in [0.3, 0.4) is 0 Å². The van der Waals surface area contributed by atoms with E-state index in [0.29, 0.717) is 25.8 Å². The Morgan fingerprint density at radius 3 is 2.42 bits per heavy atom. The molecule has 1 saturated carbocycles. The minimum Gasteiger partial charge on any atom is -0.481 e. The summed E-state index contributed by atoms with van der Waals surface area (Å²) in [5.41, 5.74) is 0. The van der Waals surface area contributed by atoms with Gasteiger partial charge in [-0.25, -0.2) is 13.1 Å². The van der Waals surface area contributed by atoms with Crippen molar-refractivity contribution in [2.24, 2.45) is 11.8 Å². The third-order valence-corrected chi connectivity index (χ3v) is 3.92. The van der Waals surface area contributed by atoms with E-state index < -0.39 is 27.8 Å². The lowest BCUT2D eigenvalue weighted by Crippen LogP contribution is -2.36. The average Bonchev–Trinajstić information content (AvgIpc) is 2.75. The molecule has 1 aliphatic rings. The molecular formula is C11H20N2O5S. The Hall–Kier alpha value is -1.15. The molecule has 0 aromatic carbocycles. The molecule has 0 aliphatic heterocycles. The summed E-state index contributed by atoms with van der Waals surface area (Å²) in [7, 11) is -3.20. The fourth-order valence-corrected chi connectivity index (χ4v) is 2.77. The highest BCUT2D eigenvalue weighted by atomic mass is 32.2. The van der Waals surface area contributed by atoms with Crippen LogP contribution in [0.15, 0.2) is 0 Å². The molecule has 0 heterocycles. The van der Waals surface area contributed by atoms with Gasteiger partial charge < -0.3 is 10.4 Å². The fourth-order valence-electron chi connectivity index (χ4n) is 2.26. The molecule has 0 spiro atoms. The second kappa shape index (κ2) is 6.85. The molecule has 110 valence electrons. The van der Waals surface area contributed by atoms with E-state index in [1.54, 1.807) is 0 Å². The molecule has 1 amide bonds. The van der Waals surface area contributed by atoms with Gasteiger partial charge in [-0.1, -0.05) is 6.42 Å². The van der Waals surface area contributed by atoms with Crippen molar-refractivity contribution in [1.29, 1.82) is 0 Å². The van der Waals surface area contributed by atoms with Crippen LogP contribution in [0.4, 0.5) is 0 Å². The number of aliphatic carboxylic acids is 1. The molecule has 1 aliphatic carbocycles. The van der Waals surface area contributed by atoms with Crippen LogP contribution in [0.1, 0.15) is 25.7 Å². The van der Waals surface area contributed by atoms with Crippen LogP contribution in [0, 0.1) is 11.8 Å². The summed E-state index contributed by atoms with van der Waals surface area (Å²) in [6.07, 6.45) is 3.45. The minimum absolute atomic E-state index is 0.246. The highest BCUT2D eigenvalue weighted by Gasteiger charge is 2.37. The van der Waals surface area contributed by atoms with E-state index >= 15 is 0 Å². The fraction of sp³-hybridized carbons (Fsp3) is 0.818. The first-order valence-electron chi connectivity index (χ1n) is 6.26. The van der Waals surface area contributed by atoms with E-state index in [1.165, 1.54) is 0 Å². The zero-order valence-electron chi connectivity index (χ0n) is 10.9. The number of nitrogens with one attached hydrogen (secondary N) is 2. The summed E-state index contributed by atoms with van der Waals surface area (Å²) in [4.78, 5) is 22.8. The molecule has 0 aromatic heterocycles. The maximum atomic E-state index is 11.8. The van der Waals surface area contributed by atoms with Gasteiger partial charge in [0.25, 0.3) is 0 Å². The normalized spacial score (nSPS) is 23.2. The summed E-state index contributed by atoms with van der Waals surface area (Å²) >= 11 is 0. The molecule has 2 atom stereocenters. The van der Waals surface area contributed by atoms with Gasteiger partial charge in [-0.3, -0.25) is 9.59 Å². The number of carboxylic acids is 1. The molecule has 7 nitrogen and oxygen atoms in total. The largest absolute Gasteiger partial charge is 0.481 e. The third-order valence-electron chi connectivity index (χ3n) is 3.19. The van der Waals surface area contributed by atoms with Gasteiger partial charge in [-0.15, -0.1) is 0 Å². The highest BCUT2D eigenvalue weighted by Crippen LogP contribution is 2.31. The van der Waals surface area contributed by atoms with E-state index in [1.807, 2.05) is 0 Å². The van der Waals surface area contributed by atoms with E-state index in [4.69, 9.17) is 5.11 Å². The van der Waals surface area contributed by atoms with Gasteiger partial charge >= 0.3 is 5.97 Å². The molecule has 1 rings (SSSR count). The number of carbonyl (C=O) groups excluding carboxylic acids is 1. The number of amides is 1. The number of hydrogen-bond acceptors (Lipinski definition) is 4. The van der Waals surface area contributed by atoms with Crippen LogP contribution in [-0.4, -0.2) is 44.7 Å². The molecule has 3 N–H and O–H groups in total. The maximum absolute atomic E-state index is 11.8. The van der Waals surface area contributed by atoms with Gasteiger partial charge in [-0.2, -0.15) is 0 Å². The lowest BCUT2D eigenvalue weighted by Gasteiger charge is -2.15. The zero-order chi connectivity index (χ0) is 14.5. The van der Waals surface area contributed by atoms with Crippen molar-refractivity contribution in [3.63, 3.8) is 0 Å². The highest BCUT2D eigenvalue weighted by molar-refractivity contribution is 7.88. The van der Waals surface area contributed by atoms with Crippen molar-refractivity contribution in [2.45, 2.75) is 25.7 Å². The SMILES string of the molecule is CS(=O)(=O)NCCCNC(=O)[C@@H]1CCC[C@@H]1C(=O)O. The van der Waals surface area contributed by atoms with Gasteiger partial charge in [0, 0.05) is 13.1 Å². The first-order chi connectivity index (χ1) is 8.81. The molecule has 0 bridgehead atoms. The summed E-state index contributed by atoms with van der Waals surface area (Å²) in [6, 6.07) is 0. The number of hydrogen-bond donors (Lipinski definition) is 3. The van der Waals surface area contributed by atoms with Crippen LogP contribution >= 0.6 is 0 Å². The first kappa shape index (κ1) is 15.9. The Bertz CT molecular complexity index is 434. The Morgan fingerprint density at radius 2 is 1.84 bits per heavy atom. The minimum atomic E-state index is -3.20. The Kier molecular flexibility index (Phi) is 5.74. The summed E-state index contributed by atoms with van der Waals surface area (Å²) in [5.74, 6) is -2.21. The molecule has 0 radical (unpaired) electrons. The van der Waals surface area contributed by atoms with Crippen molar-refractivity contribution in [3.8, 4) is 0 Å². The predicted molar refractivity (Wildman–Crippen MR) is 68.9 cm³/mol. The molecule has 8 heteroatoms. The van der Waals surface area contributed by atoms with Crippen molar-refractivity contribution in [3.05, 3.63) is 0 Å². The Labute approximate surface area is 112 Å². The van der Waals surface area contributed by atoms with E-state index in [-0.39, 0.29) is 12.5 Å². The number of sulfonamides is 1. The van der Waals surface area contributed by atoms with Gasteiger partial charge in [0.15, 0.2) is 0 Å². The van der Waals surface area contributed by atoms with Crippen molar-refractivity contribution >= 4 is 21.9 Å². The summed E-state index contributed by atoms with van der Waals surface area (Å²) in [6.45, 7) is 0.594. The van der Waals surface area contributed by atoms with Crippen molar-refractivity contribution in [2.75, 3.05) is 19.3 Å². The van der Waals surface area contributed by atoms with E-state index in [2.05, 4.69) is 10.0 Å². The Balaban J connectivity index is 2.26. The van der Waals surface area contributed by atoms with Crippen LogP contribution in [0.5, 0.6) is 0 Å². The van der Waals surface area contributed by atoms with E-state index in [9.17, 15) is 18.0 Å². The van der Waals surface area contributed by atoms with Gasteiger partial charge in [0.2, 0.25) is 15.9 Å². The second-order valence-electron chi connectivity index (χ2n) is 4.79. The van der Waals surface area contributed by atoms with Crippen LogP contribution in [-0.2, 0) is 19.6 Å². The molecule has 19 heavy (non-hydrogen) atoms. The Morgan fingerprint density at radius 1 is 1.21 bits per heavy atom. The monoisotopic (exact) mass is 292 g/mol. The van der Waals surface area contributed by atoms with Crippen molar-refractivity contribution in [1.82, 2.24) is 10.0 Å². The van der Waals surface area contributed by atoms with Crippen LogP contribution in [0.2, 0.25) is 0 Å². The van der Waals surface area contributed by atoms with Gasteiger partial charge in [0.05, 0.1) is 18.1 Å². The second-order valence-corrected chi connectivity index (χ2v) is 6.63. The summed E-state index contributed by atoms with van der Waals surface area (Å²) in [5, 5.41) is 11.6. The molecular weight excluding hydrogens is 272 g/mol. The zero-order valence-corrected chi connectivity index (χ0v) is 11.7. The number of carboxylic acid groups (broad SMARTS) is 1. The quantitative estimate of drug-likeness (QED) is 0.550. The molecule has 0 aromatic rings. The number of carbonyl (C=O) groups is 2. The van der Waals surface area contributed by atoms with Crippen LogP contribution in [0.25, 0.3) is 0 Å². The molecule has 0 unspecified atom stereocenters. The average molecular weight is 292 g/mol. The maximum Gasteiger partial charge on any atom is 0.307 e. The third kappa shape index (κ3) is 5.56. The molecule has 1 fully saturated rings. The van der Waals surface area contributed by atoms with Gasteiger partial charge in [-0.05, 0) is 19.3 Å². The van der Waals surface area contributed by atoms with Crippen molar-refractivity contribution < 1.29 is 23.1 Å². The van der Waals surface area contributed by atoms with Gasteiger partial charge in [0.1, 0.15) is 0 Å². The molecule has 0 saturated heterocycles. The first-order valence-corrected chi connectivity index (χ1v) is 8.15. The number of rotatable bonds is 7.